The first-order valence-corrected chi connectivity index (χ1v) is 11.4. The van der Waals surface area contributed by atoms with E-state index in [1.54, 1.807) is 0 Å². The topological polar surface area (TPSA) is 63.3 Å². The number of nitrogens with zero attached hydrogens (tertiary/aromatic N) is 1. The van der Waals surface area contributed by atoms with Crippen molar-refractivity contribution in [3.8, 4) is 11.3 Å². The van der Waals surface area contributed by atoms with E-state index in [1.165, 1.54) is 30.9 Å². The third-order valence-corrected chi connectivity index (χ3v) is 5.42. The number of allylic oxidation sites excluding steroid dienone is 2. The van der Waals surface area contributed by atoms with E-state index in [0.29, 0.717) is 5.92 Å². The third kappa shape index (κ3) is 6.24. The summed E-state index contributed by atoms with van der Waals surface area (Å²) in [5.41, 5.74) is 6.11. The van der Waals surface area contributed by atoms with Crippen LogP contribution in [-0.4, -0.2) is 15.9 Å². The number of rotatable bonds is 4. The summed E-state index contributed by atoms with van der Waals surface area (Å²) in [6, 6.07) is 26.1. The van der Waals surface area contributed by atoms with E-state index < -0.39 is 0 Å². The van der Waals surface area contributed by atoms with Crippen LogP contribution in [0.1, 0.15) is 33.3 Å². The van der Waals surface area contributed by atoms with Crippen LogP contribution < -0.4 is 0 Å². The van der Waals surface area contributed by atoms with Crippen LogP contribution in [0, 0.1) is 12.0 Å². The van der Waals surface area contributed by atoms with Gasteiger partial charge in [0.2, 0.25) is 0 Å². The third-order valence-electron chi connectivity index (χ3n) is 5.42. The van der Waals surface area contributed by atoms with E-state index in [9.17, 15) is 4.79 Å². The summed E-state index contributed by atoms with van der Waals surface area (Å²) in [5, 5.41) is 11.9. The Balaban J connectivity index is 0.000000378. The predicted octanol–water partition coefficient (Wildman–Crippen LogP) is 7.83. The minimum Gasteiger partial charge on any atom is -0.512 e. The number of para-hydroxylation sites is 1. The maximum absolute atomic E-state index is 10.0. The summed E-state index contributed by atoms with van der Waals surface area (Å²) in [5.74, 6) is 0.507. The monoisotopic (exact) mass is 643 g/mol. The quantitative estimate of drug-likeness (QED) is 0.123. The first kappa shape index (κ1) is 26.3. The molecule has 5 heteroatoms. The Morgan fingerprint density at radius 3 is 2.37 bits per heavy atom. The number of hydrogen-bond acceptors (Lipinski definition) is 4. The van der Waals surface area contributed by atoms with Crippen molar-refractivity contribution in [3.63, 3.8) is 0 Å². The van der Waals surface area contributed by atoms with Gasteiger partial charge in [0.05, 0.1) is 11.3 Å². The molecule has 4 nitrogen and oxygen atoms in total. The molecule has 1 radical (unpaired) electrons. The van der Waals surface area contributed by atoms with E-state index in [1.807, 2.05) is 30.3 Å². The van der Waals surface area contributed by atoms with Gasteiger partial charge in [0.1, 0.15) is 11.2 Å². The summed E-state index contributed by atoms with van der Waals surface area (Å²) in [7, 11) is 0. The first-order valence-electron chi connectivity index (χ1n) is 11.4. The van der Waals surface area contributed by atoms with Gasteiger partial charge in [0, 0.05) is 48.4 Å². The Morgan fingerprint density at radius 1 is 1.00 bits per heavy atom. The van der Waals surface area contributed by atoms with Gasteiger partial charge in [-0.2, -0.15) is 0 Å². The molecule has 0 bridgehead atoms. The van der Waals surface area contributed by atoms with Gasteiger partial charge in [0.25, 0.3) is 0 Å². The summed E-state index contributed by atoms with van der Waals surface area (Å²) in [4.78, 5) is 15.0. The molecule has 181 valence electrons. The van der Waals surface area contributed by atoms with Gasteiger partial charge in [-0.15, -0.1) is 35.9 Å². The van der Waals surface area contributed by atoms with Crippen LogP contribution in [0.25, 0.3) is 44.1 Å². The van der Waals surface area contributed by atoms with Gasteiger partial charge in [0.15, 0.2) is 5.78 Å². The molecular formula is C30H28IrNO3-. The number of furan rings is 1. The number of pyridine rings is 1. The van der Waals surface area contributed by atoms with Crippen molar-refractivity contribution in [3.05, 3.63) is 90.2 Å². The minimum absolute atomic E-state index is 0. The second-order valence-electron chi connectivity index (χ2n) is 8.90. The van der Waals surface area contributed by atoms with Gasteiger partial charge < -0.3 is 9.52 Å². The fraction of sp³-hybridized carbons (Fsp3) is 0.200. The van der Waals surface area contributed by atoms with Crippen molar-refractivity contribution < 1.29 is 34.4 Å². The molecule has 0 saturated carbocycles. The largest absolute Gasteiger partial charge is 0.512 e. The second-order valence-corrected chi connectivity index (χ2v) is 8.90. The smallest absolute Gasteiger partial charge is 0.155 e. The van der Waals surface area contributed by atoms with E-state index in [2.05, 4.69) is 56.3 Å². The molecule has 1 N–H and O–H groups in total. The maximum Gasteiger partial charge on any atom is 0.155 e. The molecular weight excluding hydrogens is 615 g/mol. The Hall–Kier alpha value is -3.27. The van der Waals surface area contributed by atoms with E-state index >= 15 is 0 Å². The number of aliphatic hydroxyl groups is 1. The number of hydrogen-bond donors (Lipinski definition) is 1. The Labute approximate surface area is 219 Å². The molecule has 0 atom stereocenters. The van der Waals surface area contributed by atoms with E-state index in [0.717, 1.165) is 45.1 Å². The standard InChI is InChI=1S/C25H20NO.C5H8O2.Ir/c1-16(2)12-18-13-22(17-8-4-3-5-9-17)26-23-15-25-21(14-20(18)23)19-10-6-7-11-24(19)27-25;1-4(6)3-5(2)7;/h3-8,10-11,13-16H,12H2,1-2H3;3,6H,1-2H3;/q-1;;/b;4-3-;. The van der Waals surface area contributed by atoms with Crippen LogP contribution in [0.5, 0.6) is 0 Å². The number of carbonyl (C=O) groups excluding carboxylic acids is 1. The van der Waals surface area contributed by atoms with Crippen molar-refractivity contribution in [2.75, 3.05) is 0 Å². The normalized spacial score (nSPS) is 11.4. The maximum atomic E-state index is 10.0. The van der Waals surface area contributed by atoms with Crippen LogP contribution in [0.4, 0.5) is 0 Å². The van der Waals surface area contributed by atoms with Crippen LogP contribution in [-0.2, 0) is 31.3 Å². The molecule has 0 amide bonds. The van der Waals surface area contributed by atoms with E-state index in [4.69, 9.17) is 14.5 Å². The van der Waals surface area contributed by atoms with Crippen molar-refractivity contribution >= 4 is 38.6 Å². The van der Waals surface area contributed by atoms with Gasteiger partial charge in [-0.25, -0.2) is 0 Å². The first-order chi connectivity index (χ1) is 16.3. The number of ketones is 1. The van der Waals surface area contributed by atoms with Crippen LogP contribution in [0.15, 0.2) is 83.0 Å². The number of aliphatic hydroxyl groups excluding tert-OH is 1. The molecule has 0 saturated heterocycles. The average Bonchev–Trinajstić information content (AvgIpc) is 3.15. The number of benzene rings is 3. The Bertz CT molecular complexity index is 1500. The SMILES string of the molecule is CC(=O)/C=C(/C)O.CC(C)Cc1cc(-c2[c-]cccc2)nc2cc3oc4ccccc4c3cc12.[Ir]. The summed E-state index contributed by atoms with van der Waals surface area (Å²) >= 11 is 0. The van der Waals surface area contributed by atoms with Crippen molar-refractivity contribution in [1.82, 2.24) is 4.98 Å². The number of aromatic nitrogens is 1. The molecule has 2 heterocycles. The van der Waals surface area contributed by atoms with Gasteiger partial charge in [-0.3, -0.25) is 9.78 Å². The van der Waals surface area contributed by atoms with Gasteiger partial charge in [-0.1, -0.05) is 38.1 Å². The fourth-order valence-electron chi connectivity index (χ4n) is 4.11. The number of carbonyl (C=O) groups is 1. The molecule has 5 aromatic rings. The van der Waals surface area contributed by atoms with Crippen LogP contribution >= 0.6 is 0 Å². The molecule has 2 aromatic heterocycles. The zero-order chi connectivity index (χ0) is 24.2. The minimum atomic E-state index is -0.125. The summed E-state index contributed by atoms with van der Waals surface area (Å²) in [6.07, 6.45) is 2.18. The molecule has 0 aliphatic rings. The molecule has 3 aromatic carbocycles. The average molecular weight is 643 g/mol. The fourth-order valence-corrected chi connectivity index (χ4v) is 4.11. The van der Waals surface area contributed by atoms with Crippen LogP contribution in [0.3, 0.4) is 0 Å². The van der Waals surface area contributed by atoms with E-state index in [-0.39, 0.29) is 31.6 Å². The van der Waals surface area contributed by atoms with Crippen LogP contribution in [0.2, 0.25) is 0 Å². The Kier molecular flexibility index (Phi) is 8.61. The molecule has 0 aliphatic carbocycles. The summed E-state index contributed by atoms with van der Waals surface area (Å²) in [6.45, 7) is 7.36. The second kappa shape index (κ2) is 11.4. The molecule has 0 spiro atoms. The van der Waals surface area contributed by atoms with Crippen molar-refractivity contribution in [1.29, 1.82) is 0 Å². The molecule has 0 unspecified atom stereocenters. The van der Waals surface area contributed by atoms with Gasteiger partial charge >= 0.3 is 0 Å². The van der Waals surface area contributed by atoms with Gasteiger partial charge in [-0.05, 0) is 49.6 Å². The predicted molar refractivity (Wildman–Crippen MR) is 139 cm³/mol. The van der Waals surface area contributed by atoms with Crippen molar-refractivity contribution in [2.45, 2.75) is 34.1 Å². The van der Waals surface area contributed by atoms with Crippen molar-refractivity contribution in [2.24, 2.45) is 5.92 Å². The zero-order valence-corrected chi connectivity index (χ0v) is 22.7. The molecule has 0 aliphatic heterocycles. The molecule has 35 heavy (non-hydrogen) atoms. The summed E-state index contributed by atoms with van der Waals surface area (Å²) < 4.78 is 6.08. The Morgan fingerprint density at radius 2 is 1.74 bits per heavy atom. The molecule has 0 fully saturated rings. The molecule has 5 rings (SSSR count). The number of fused-ring (bicyclic) bond motifs is 4. The zero-order valence-electron chi connectivity index (χ0n) is 20.3.